The first kappa shape index (κ1) is 21.3. The number of phenols is 1. The number of fused-ring (bicyclic) bond motifs is 3. The van der Waals surface area contributed by atoms with Gasteiger partial charge >= 0.3 is 0 Å². The van der Waals surface area contributed by atoms with Crippen LogP contribution in [-0.2, 0) is 16.0 Å². The predicted octanol–water partition coefficient (Wildman–Crippen LogP) is 2.86. The standard InChI is InChI=1S/C26H24O7/c1-31-18-12-20(32-2)23-21(13-18)33-26(16-8-10-17(28)11-9-16)22(15-6-4-3-5-7-15)19(14-27)24(29)25(23,26)30/h3-14,19,22,24,28-30H,1-2H3/t19-,22-,24-,25+,26+/m1/s1. The molecule has 0 bridgehead atoms. The van der Waals surface area contributed by atoms with Gasteiger partial charge in [0.2, 0.25) is 0 Å². The first-order valence-electron chi connectivity index (χ1n) is 10.6. The number of rotatable bonds is 5. The molecule has 0 unspecified atom stereocenters. The predicted molar refractivity (Wildman–Crippen MR) is 119 cm³/mol. The van der Waals surface area contributed by atoms with E-state index in [1.807, 2.05) is 30.3 Å². The van der Waals surface area contributed by atoms with Crippen molar-refractivity contribution in [2.24, 2.45) is 5.92 Å². The van der Waals surface area contributed by atoms with E-state index in [4.69, 9.17) is 14.2 Å². The van der Waals surface area contributed by atoms with Crippen LogP contribution in [0.3, 0.4) is 0 Å². The summed E-state index contributed by atoms with van der Waals surface area (Å²) in [5.74, 6) is -0.686. The van der Waals surface area contributed by atoms with Gasteiger partial charge in [-0.25, -0.2) is 0 Å². The van der Waals surface area contributed by atoms with Crippen LogP contribution in [0, 0.1) is 5.92 Å². The summed E-state index contributed by atoms with van der Waals surface area (Å²) >= 11 is 0. The highest BCUT2D eigenvalue weighted by Crippen LogP contribution is 2.69. The lowest BCUT2D eigenvalue weighted by molar-refractivity contribution is -0.152. The Morgan fingerprint density at radius 3 is 2.30 bits per heavy atom. The Bertz CT molecular complexity index is 1190. The molecule has 5 rings (SSSR count). The fraction of sp³-hybridized carbons (Fsp3) is 0.269. The van der Waals surface area contributed by atoms with E-state index in [1.54, 1.807) is 24.3 Å². The zero-order chi connectivity index (χ0) is 23.4. The molecule has 3 N–H and O–H groups in total. The van der Waals surface area contributed by atoms with Crippen LogP contribution >= 0.6 is 0 Å². The average molecular weight is 448 g/mol. The molecular weight excluding hydrogens is 424 g/mol. The third-order valence-electron chi connectivity index (χ3n) is 6.94. The fourth-order valence-electron chi connectivity index (χ4n) is 5.58. The number of carbonyl (C=O) groups is 1. The number of aldehydes is 1. The van der Waals surface area contributed by atoms with Gasteiger partial charge in [0, 0.05) is 18.1 Å². The van der Waals surface area contributed by atoms with E-state index in [-0.39, 0.29) is 22.8 Å². The molecule has 0 aromatic heterocycles. The van der Waals surface area contributed by atoms with E-state index in [0.29, 0.717) is 17.6 Å². The number of hydrogen-bond acceptors (Lipinski definition) is 7. The smallest absolute Gasteiger partial charge is 0.177 e. The van der Waals surface area contributed by atoms with E-state index in [2.05, 4.69) is 0 Å². The Labute approximate surface area is 190 Å². The molecule has 5 atom stereocenters. The summed E-state index contributed by atoms with van der Waals surface area (Å²) in [6, 6.07) is 18.6. The Hall–Kier alpha value is -3.55. The summed E-state index contributed by atoms with van der Waals surface area (Å²) in [6.07, 6.45) is -0.836. The molecule has 3 aromatic carbocycles. The Balaban J connectivity index is 1.88. The molecule has 0 amide bonds. The second-order valence-electron chi connectivity index (χ2n) is 8.40. The van der Waals surface area contributed by atoms with Gasteiger partial charge in [0.25, 0.3) is 0 Å². The molecule has 170 valence electrons. The Morgan fingerprint density at radius 2 is 1.70 bits per heavy atom. The molecule has 1 saturated carbocycles. The second-order valence-corrected chi connectivity index (χ2v) is 8.40. The maximum absolute atomic E-state index is 12.4. The summed E-state index contributed by atoms with van der Waals surface area (Å²) in [6.45, 7) is 0. The van der Waals surface area contributed by atoms with Crippen LogP contribution in [0.15, 0.2) is 66.7 Å². The van der Waals surface area contributed by atoms with Gasteiger partial charge in [-0.15, -0.1) is 0 Å². The van der Waals surface area contributed by atoms with E-state index in [1.165, 1.54) is 26.4 Å². The molecule has 2 aliphatic rings. The molecule has 1 aliphatic heterocycles. The number of phenolic OH excluding ortho intramolecular Hbond substituents is 1. The molecule has 33 heavy (non-hydrogen) atoms. The number of methoxy groups -OCH3 is 2. The molecule has 1 heterocycles. The Kier molecular flexibility index (Phi) is 4.84. The second kappa shape index (κ2) is 7.50. The molecular formula is C26H24O7. The van der Waals surface area contributed by atoms with Crippen LogP contribution in [0.1, 0.15) is 22.6 Å². The van der Waals surface area contributed by atoms with Crippen molar-refractivity contribution >= 4 is 6.29 Å². The number of aromatic hydroxyl groups is 1. The normalized spacial score (nSPS) is 29.6. The maximum atomic E-state index is 12.4. The largest absolute Gasteiger partial charge is 0.508 e. The van der Waals surface area contributed by atoms with Gasteiger partial charge in [0.05, 0.1) is 25.7 Å². The maximum Gasteiger partial charge on any atom is 0.177 e. The van der Waals surface area contributed by atoms with Gasteiger partial charge in [-0.2, -0.15) is 0 Å². The first-order chi connectivity index (χ1) is 15.9. The molecule has 7 heteroatoms. The summed E-state index contributed by atoms with van der Waals surface area (Å²) in [5, 5.41) is 33.9. The van der Waals surface area contributed by atoms with Gasteiger partial charge in [-0.3, -0.25) is 0 Å². The topological polar surface area (TPSA) is 105 Å². The van der Waals surface area contributed by atoms with Crippen molar-refractivity contribution in [1.82, 2.24) is 0 Å². The third kappa shape index (κ3) is 2.66. The van der Waals surface area contributed by atoms with Crippen LogP contribution in [0.2, 0.25) is 0 Å². The van der Waals surface area contributed by atoms with Crippen molar-refractivity contribution in [2.45, 2.75) is 23.2 Å². The number of benzene rings is 3. The van der Waals surface area contributed by atoms with Crippen LogP contribution in [0.4, 0.5) is 0 Å². The number of aliphatic hydroxyl groups is 2. The lowest BCUT2D eigenvalue weighted by Crippen LogP contribution is -2.52. The van der Waals surface area contributed by atoms with Gasteiger partial charge in [0.1, 0.15) is 35.4 Å². The number of carbonyl (C=O) groups excluding carboxylic acids is 1. The molecule has 7 nitrogen and oxygen atoms in total. The van der Waals surface area contributed by atoms with E-state index in [0.717, 1.165) is 5.56 Å². The van der Waals surface area contributed by atoms with Gasteiger partial charge in [-0.1, -0.05) is 42.5 Å². The lowest BCUT2D eigenvalue weighted by atomic mass is 9.70. The summed E-state index contributed by atoms with van der Waals surface area (Å²) in [4.78, 5) is 12.4. The molecule has 1 aliphatic carbocycles. The van der Waals surface area contributed by atoms with Crippen LogP contribution in [-0.4, -0.2) is 41.9 Å². The van der Waals surface area contributed by atoms with Crippen molar-refractivity contribution in [3.63, 3.8) is 0 Å². The highest BCUT2D eigenvalue weighted by Gasteiger charge is 2.76. The van der Waals surface area contributed by atoms with Gasteiger partial charge < -0.3 is 34.3 Å². The quantitative estimate of drug-likeness (QED) is 0.516. The van der Waals surface area contributed by atoms with Crippen LogP contribution in [0.5, 0.6) is 23.0 Å². The highest BCUT2D eigenvalue weighted by atomic mass is 16.5. The van der Waals surface area contributed by atoms with Crippen molar-refractivity contribution in [2.75, 3.05) is 14.2 Å². The minimum absolute atomic E-state index is 0.0372. The van der Waals surface area contributed by atoms with Crippen molar-refractivity contribution in [3.05, 3.63) is 83.4 Å². The zero-order valence-electron chi connectivity index (χ0n) is 18.1. The van der Waals surface area contributed by atoms with Crippen molar-refractivity contribution in [3.8, 4) is 23.0 Å². The van der Waals surface area contributed by atoms with E-state index < -0.39 is 29.1 Å². The van der Waals surface area contributed by atoms with Crippen LogP contribution < -0.4 is 14.2 Å². The van der Waals surface area contributed by atoms with Crippen molar-refractivity contribution in [1.29, 1.82) is 0 Å². The fourth-order valence-corrected chi connectivity index (χ4v) is 5.58. The molecule has 0 radical (unpaired) electrons. The third-order valence-corrected chi connectivity index (χ3v) is 6.94. The van der Waals surface area contributed by atoms with Crippen LogP contribution in [0.25, 0.3) is 0 Å². The lowest BCUT2D eigenvalue weighted by Gasteiger charge is -2.40. The summed E-state index contributed by atoms with van der Waals surface area (Å²) in [7, 11) is 2.96. The SMILES string of the molecule is COc1cc(OC)c2c(c1)O[C@@]1(c3ccc(O)cc3)[C@H](c3ccccc3)[C@@H](C=O)[C@@H](O)[C@@]21O. The molecule has 0 saturated heterocycles. The van der Waals surface area contributed by atoms with Crippen molar-refractivity contribution < 1.29 is 34.3 Å². The molecule has 3 aromatic rings. The minimum atomic E-state index is -2.04. The Morgan fingerprint density at radius 1 is 1.00 bits per heavy atom. The number of hydrogen-bond donors (Lipinski definition) is 3. The molecule has 0 spiro atoms. The number of ether oxygens (including phenoxy) is 3. The molecule has 1 fully saturated rings. The van der Waals surface area contributed by atoms with Gasteiger partial charge in [-0.05, 0) is 23.3 Å². The first-order valence-corrected chi connectivity index (χ1v) is 10.6. The summed E-state index contributed by atoms with van der Waals surface area (Å²) in [5.41, 5.74) is -2.16. The highest BCUT2D eigenvalue weighted by molar-refractivity contribution is 5.68. The van der Waals surface area contributed by atoms with E-state index in [9.17, 15) is 20.1 Å². The zero-order valence-corrected chi connectivity index (χ0v) is 18.1. The monoisotopic (exact) mass is 448 g/mol. The average Bonchev–Trinajstić information content (AvgIpc) is 3.22. The number of aliphatic hydroxyl groups excluding tert-OH is 1. The summed E-state index contributed by atoms with van der Waals surface area (Å²) < 4.78 is 17.5. The van der Waals surface area contributed by atoms with Gasteiger partial charge in [0.15, 0.2) is 11.2 Å². The minimum Gasteiger partial charge on any atom is -0.508 e. The van der Waals surface area contributed by atoms with E-state index >= 15 is 0 Å².